The van der Waals surface area contributed by atoms with Crippen LogP contribution in [0, 0.1) is 0 Å². The largest absolute Gasteiger partial charge is 0.481 e. The van der Waals surface area contributed by atoms with E-state index in [1.807, 2.05) is 6.92 Å². The van der Waals surface area contributed by atoms with Gasteiger partial charge >= 0.3 is 0 Å². The number of anilines is 2. The molecule has 184 valence electrons. The molecule has 1 fully saturated rings. The first kappa shape index (κ1) is 25.6. The van der Waals surface area contributed by atoms with Crippen LogP contribution in [0.4, 0.5) is 11.4 Å². The van der Waals surface area contributed by atoms with Gasteiger partial charge < -0.3 is 15.4 Å². The van der Waals surface area contributed by atoms with Crippen molar-refractivity contribution in [3.63, 3.8) is 0 Å². The Morgan fingerprint density at radius 2 is 1.71 bits per heavy atom. The molecule has 2 N–H and O–H groups in total. The molecule has 0 heterocycles. The molecule has 0 radical (unpaired) electrons. The van der Waals surface area contributed by atoms with Gasteiger partial charge in [0.15, 0.2) is 6.10 Å². The van der Waals surface area contributed by atoms with Crippen molar-refractivity contribution in [2.75, 3.05) is 22.9 Å². The van der Waals surface area contributed by atoms with E-state index in [9.17, 15) is 18.0 Å². The quantitative estimate of drug-likeness (QED) is 0.557. The van der Waals surface area contributed by atoms with Crippen molar-refractivity contribution in [2.45, 2.75) is 57.6 Å². The van der Waals surface area contributed by atoms with Gasteiger partial charge in [-0.2, -0.15) is 0 Å². The van der Waals surface area contributed by atoms with Crippen molar-refractivity contribution in [1.29, 1.82) is 0 Å². The second-order valence-electron chi connectivity index (χ2n) is 8.58. The zero-order valence-electron chi connectivity index (χ0n) is 19.9. The summed E-state index contributed by atoms with van der Waals surface area (Å²) in [5, 5.41) is 5.93. The molecule has 1 saturated carbocycles. The van der Waals surface area contributed by atoms with E-state index in [2.05, 4.69) is 10.6 Å². The summed E-state index contributed by atoms with van der Waals surface area (Å²) in [6.07, 6.45) is 6.14. The van der Waals surface area contributed by atoms with Crippen LogP contribution in [0.5, 0.6) is 5.75 Å². The topological polar surface area (TPSA) is 105 Å². The number of carbonyl (C=O) groups is 2. The maximum absolute atomic E-state index is 13.0. The number of sulfonamides is 1. The van der Waals surface area contributed by atoms with Crippen molar-refractivity contribution in [3.05, 3.63) is 54.1 Å². The van der Waals surface area contributed by atoms with Crippen LogP contribution in [-0.4, -0.2) is 45.7 Å². The number of benzene rings is 2. The number of nitrogens with zero attached hydrogens (tertiary/aromatic N) is 1. The van der Waals surface area contributed by atoms with Crippen LogP contribution in [0.15, 0.2) is 48.5 Å². The van der Waals surface area contributed by atoms with Gasteiger partial charge in [-0.15, -0.1) is 0 Å². The minimum atomic E-state index is -3.37. The van der Waals surface area contributed by atoms with Crippen molar-refractivity contribution in [2.24, 2.45) is 0 Å². The normalized spacial score (nSPS) is 15.3. The summed E-state index contributed by atoms with van der Waals surface area (Å²) in [6, 6.07) is 13.6. The fraction of sp³-hybridized carbons (Fsp3) is 0.440. The second-order valence-corrected chi connectivity index (χ2v) is 10.6. The lowest BCUT2D eigenvalue weighted by molar-refractivity contribution is -0.122. The fourth-order valence-corrected chi connectivity index (χ4v) is 4.43. The van der Waals surface area contributed by atoms with Gasteiger partial charge in [0.1, 0.15) is 5.75 Å². The first-order valence-electron chi connectivity index (χ1n) is 11.6. The Hall–Kier alpha value is -3.07. The predicted molar refractivity (Wildman–Crippen MR) is 134 cm³/mol. The first-order valence-corrected chi connectivity index (χ1v) is 13.4. The van der Waals surface area contributed by atoms with Gasteiger partial charge in [-0.25, -0.2) is 8.42 Å². The SMILES string of the molecule is CC[C@@H](Oc1ccc(N(C)S(C)(=O)=O)cc1)C(=O)Nc1ccccc1C(=O)NC1CCCCC1. The number of amides is 2. The predicted octanol–water partition coefficient (Wildman–Crippen LogP) is 3.94. The molecule has 3 rings (SSSR count). The minimum Gasteiger partial charge on any atom is -0.481 e. The van der Waals surface area contributed by atoms with Crippen molar-refractivity contribution < 1.29 is 22.7 Å². The van der Waals surface area contributed by atoms with E-state index in [0.29, 0.717) is 29.1 Å². The lowest BCUT2D eigenvalue weighted by Crippen LogP contribution is -2.37. The Balaban J connectivity index is 1.66. The molecule has 8 nitrogen and oxygen atoms in total. The molecule has 0 spiro atoms. The van der Waals surface area contributed by atoms with Crippen LogP contribution >= 0.6 is 0 Å². The van der Waals surface area contributed by atoms with Crippen LogP contribution in [0.3, 0.4) is 0 Å². The van der Waals surface area contributed by atoms with E-state index < -0.39 is 16.1 Å². The lowest BCUT2D eigenvalue weighted by Gasteiger charge is -2.23. The summed E-state index contributed by atoms with van der Waals surface area (Å²) in [5.41, 5.74) is 1.35. The Bertz CT molecular complexity index is 1100. The van der Waals surface area contributed by atoms with Gasteiger partial charge in [0.2, 0.25) is 10.0 Å². The molecule has 2 aromatic rings. The Kier molecular flexibility index (Phi) is 8.55. The van der Waals surface area contributed by atoms with E-state index in [4.69, 9.17) is 4.74 Å². The maximum atomic E-state index is 13.0. The van der Waals surface area contributed by atoms with Crippen LogP contribution in [0.1, 0.15) is 55.8 Å². The van der Waals surface area contributed by atoms with Gasteiger partial charge in [0.05, 0.1) is 23.2 Å². The molecule has 34 heavy (non-hydrogen) atoms. The summed E-state index contributed by atoms with van der Waals surface area (Å²) >= 11 is 0. The van der Waals surface area contributed by atoms with E-state index >= 15 is 0 Å². The minimum absolute atomic E-state index is 0.168. The third kappa shape index (κ3) is 6.72. The summed E-state index contributed by atoms with van der Waals surface area (Å²) in [7, 11) is -1.90. The summed E-state index contributed by atoms with van der Waals surface area (Å²) < 4.78 is 30.4. The highest BCUT2D eigenvalue weighted by atomic mass is 32.2. The highest BCUT2D eigenvalue weighted by Crippen LogP contribution is 2.23. The number of carbonyl (C=O) groups excluding carboxylic acids is 2. The standard InChI is InChI=1S/C25H33N3O5S/c1-4-23(33-20-16-14-19(15-17-20)28(2)34(3,31)32)25(30)27-22-13-9-8-12-21(22)24(29)26-18-10-6-5-7-11-18/h8-9,12-18,23H,4-7,10-11H2,1-3H3,(H,26,29)(H,27,30)/t23-/m1/s1. The number of hydrogen-bond acceptors (Lipinski definition) is 5. The molecule has 0 saturated heterocycles. The second kappa shape index (κ2) is 11.4. The average Bonchev–Trinajstić information content (AvgIpc) is 2.82. The van der Waals surface area contributed by atoms with E-state index in [1.165, 1.54) is 13.5 Å². The monoisotopic (exact) mass is 487 g/mol. The highest BCUT2D eigenvalue weighted by molar-refractivity contribution is 7.92. The average molecular weight is 488 g/mol. The molecule has 9 heteroatoms. The Labute approximate surface area is 201 Å². The number of rotatable bonds is 9. The molecule has 1 atom stereocenters. The first-order chi connectivity index (χ1) is 16.2. The summed E-state index contributed by atoms with van der Waals surface area (Å²) in [6.45, 7) is 1.83. The number of hydrogen-bond donors (Lipinski definition) is 2. The Morgan fingerprint density at radius 3 is 2.32 bits per heavy atom. The molecule has 0 bridgehead atoms. The van der Waals surface area contributed by atoms with Gasteiger partial charge in [-0.1, -0.05) is 38.3 Å². The molecular weight excluding hydrogens is 454 g/mol. The third-order valence-electron chi connectivity index (χ3n) is 6.01. The van der Waals surface area contributed by atoms with Crippen LogP contribution in [0.2, 0.25) is 0 Å². The van der Waals surface area contributed by atoms with Crippen LogP contribution in [-0.2, 0) is 14.8 Å². The smallest absolute Gasteiger partial charge is 0.265 e. The molecule has 0 aliphatic heterocycles. The van der Waals surface area contributed by atoms with E-state index in [1.54, 1.807) is 48.5 Å². The number of ether oxygens (including phenoxy) is 1. The van der Waals surface area contributed by atoms with Gasteiger partial charge in [-0.05, 0) is 55.7 Å². The zero-order chi connectivity index (χ0) is 24.7. The Morgan fingerprint density at radius 1 is 1.06 bits per heavy atom. The highest BCUT2D eigenvalue weighted by Gasteiger charge is 2.23. The summed E-state index contributed by atoms with van der Waals surface area (Å²) in [4.78, 5) is 25.8. The van der Waals surface area contributed by atoms with Gasteiger partial charge in [0.25, 0.3) is 11.8 Å². The van der Waals surface area contributed by atoms with Crippen LogP contribution in [0.25, 0.3) is 0 Å². The van der Waals surface area contributed by atoms with Crippen molar-refractivity contribution in [3.8, 4) is 5.75 Å². The fourth-order valence-electron chi connectivity index (χ4n) is 3.93. The zero-order valence-corrected chi connectivity index (χ0v) is 20.7. The van der Waals surface area contributed by atoms with Crippen LogP contribution < -0.4 is 19.7 Å². The van der Waals surface area contributed by atoms with Gasteiger partial charge in [0, 0.05) is 13.1 Å². The molecule has 0 aromatic heterocycles. The van der Waals surface area contributed by atoms with E-state index in [0.717, 1.165) is 36.2 Å². The molecule has 2 aromatic carbocycles. The van der Waals surface area contributed by atoms with E-state index in [-0.39, 0.29) is 17.9 Å². The molecule has 1 aliphatic carbocycles. The number of nitrogens with one attached hydrogen (secondary N) is 2. The molecule has 0 unspecified atom stereocenters. The van der Waals surface area contributed by atoms with Gasteiger partial charge in [-0.3, -0.25) is 13.9 Å². The van der Waals surface area contributed by atoms with Crippen molar-refractivity contribution >= 4 is 33.2 Å². The molecule has 2 amide bonds. The maximum Gasteiger partial charge on any atom is 0.265 e. The molecular formula is C25H33N3O5S. The third-order valence-corrected chi connectivity index (χ3v) is 7.22. The lowest BCUT2D eigenvalue weighted by atomic mass is 9.95. The van der Waals surface area contributed by atoms with Crippen molar-refractivity contribution in [1.82, 2.24) is 5.32 Å². The summed E-state index contributed by atoms with van der Waals surface area (Å²) in [5.74, 6) is -0.115. The number of para-hydroxylation sites is 1. The molecule has 1 aliphatic rings.